The fourth-order valence-corrected chi connectivity index (χ4v) is 3.68. The highest BCUT2D eigenvalue weighted by atomic mass is 15.2. The normalized spacial score (nSPS) is 31.7. The third kappa shape index (κ3) is 1.29. The maximum atomic E-state index is 2.48. The van der Waals surface area contributed by atoms with E-state index in [9.17, 15) is 0 Å². The van der Waals surface area contributed by atoms with Gasteiger partial charge in [0.2, 0.25) is 0 Å². The van der Waals surface area contributed by atoms with E-state index in [1.54, 1.807) is 5.56 Å². The van der Waals surface area contributed by atoms with Crippen LogP contribution in [-0.4, -0.2) is 25.0 Å². The average Bonchev–Trinajstić information content (AvgIpc) is 2.93. The van der Waals surface area contributed by atoms with Gasteiger partial charge in [0.05, 0.1) is 0 Å². The third-order valence-corrected chi connectivity index (χ3v) is 4.64. The van der Waals surface area contributed by atoms with Crippen LogP contribution in [0.1, 0.15) is 12.0 Å². The van der Waals surface area contributed by atoms with Crippen LogP contribution in [0.25, 0.3) is 10.8 Å². The van der Waals surface area contributed by atoms with Crippen LogP contribution in [0.2, 0.25) is 0 Å². The van der Waals surface area contributed by atoms with Gasteiger partial charge in [0.15, 0.2) is 0 Å². The van der Waals surface area contributed by atoms with Gasteiger partial charge in [0.1, 0.15) is 0 Å². The van der Waals surface area contributed by atoms with Gasteiger partial charge in [-0.1, -0.05) is 42.5 Å². The molecule has 0 bridgehead atoms. The molecule has 0 unspecified atom stereocenters. The second-order valence-corrected chi connectivity index (χ2v) is 5.82. The van der Waals surface area contributed by atoms with Gasteiger partial charge in [-0.25, -0.2) is 0 Å². The standard InChI is InChI=1S/C16H17N/c1-17-10-15-9-16(15,11-17)14-7-6-12-4-2-3-5-13(12)8-14/h2-8,15H,9-11H2,1H3/t15-,16+/m1/s1. The van der Waals surface area contributed by atoms with Gasteiger partial charge in [-0.15, -0.1) is 0 Å². The molecular weight excluding hydrogens is 206 g/mol. The van der Waals surface area contributed by atoms with Crippen LogP contribution < -0.4 is 0 Å². The molecular formula is C16H17N. The first-order valence-corrected chi connectivity index (χ1v) is 6.46. The number of likely N-dealkylation sites (tertiary alicyclic amines) is 1. The Balaban J connectivity index is 1.82. The van der Waals surface area contributed by atoms with Crippen molar-refractivity contribution in [3.63, 3.8) is 0 Å². The second-order valence-electron chi connectivity index (χ2n) is 5.82. The number of hydrogen-bond acceptors (Lipinski definition) is 1. The van der Waals surface area contributed by atoms with Crippen molar-refractivity contribution in [3.8, 4) is 0 Å². The lowest BCUT2D eigenvalue weighted by Gasteiger charge is -2.17. The van der Waals surface area contributed by atoms with Gasteiger partial charge in [-0.3, -0.25) is 0 Å². The number of nitrogens with zero attached hydrogens (tertiary/aromatic N) is 1. The van der Waals surface area contributed by atoms with Gasteiger partial charge in [-0.05, 0) is 35.7 Å². The highest BCUT2D eigenvalue weighted by molar-refractivity contribution is 5.83. The minimum absolute atomic E-state index is 0.499. The summed E-state index contributed by atoms with van der Waals surface area (Å²) in [6.07, 6.45) is 1.40. The summed E-state index contributed by atoms with van der Waals surface area (Å²) in [4.78, 5) is 2.48. The number of rotatable bonds is 1. The van der Waals surface area contributed by atoms with Gasteiger partial charge in [0, 0.05) is 18.5 Å². The van der Waals surface area contributed by atoms with Crippen molar-refractivity contribution in [1.29, 1.82) is 0 Å². The third-order valence-electron chi connectivity index (χ3n) is 4.64. The Morgan fingerprint density at radius 2 is 1.94 bits per heavy atom. The Morgan fingerprint density at radius 3 is 2.71 bits per heavy atom. The van der Waals surface area contributed by atoms with E-state index in [0.29, 0.717) is 5.41 Å². The molecule has 1 heterocycles. The Kier molecular flexibility index (Phi) is 1.77. The van der Waals surface area contributed by atoms with E-state index in [1.165, 1.54) is 30.3 Å². The largest absolute Gasteiger partial charge is 0.305 e. The zero-order valence-electron chi connectivity index (χ0n) is 10.2. The van der Waals surface area contributed by atoms with Crippen molar-refractivity contribution in [3.05, 3.63) is 48.0 Å². The maximum absolute atomic E-state index is 2.48. The van der Waals surface area contributed by atoms with Crippen molar-refractivity contribution in [1.82, 2.24) is 4.90 Å². The lowest BCUT2D eigenvalue weighted by atomic mass is 9.93. The molecule has 1 aliphatic carbocycles. The van der Waals surface area contributed by atoms with E-state index in [0.717, 1.165) is 5.92 Å². The van der Waals surface area contributed by atoms with Gasteiger partial charge in [-0.2, -0.15) is 0 Å². The van der Waals surface area contributed by atoms with E-state index in [-0.39, 0.29) is 0 Å². The summed E-state index contributed by atoms with van der Waals surface area (Å²) in [6.45, 7) is 2.53. The van der Waals surface area contributed by atoms with E-state index >= 15 is 0 Å². The SMILES string of the molecule is CN1C[C@H]2C[C@@]2(c2ccc3ccccc3c2)C1. The average molecular weight is 223 g/mol. The first kappa shape index (κ1) is 9.67. The first-order chi connectivity index (χ1) is 8.28. The smallest absolute Gasteiger partial charge is 0.0124 e. The molecule has 4 rings (SSSR count). The molecule has 2 aromatic carbocycles. The topological polar surface area (TPSA) is 3.24 Å². The van der Waals surface area contributed by atoms with Crippen LogP contribution in [0, 0.1) is 5.92 Å². The van der Waals surface area contributed by atoms with Gasteiger partial charge in [0.25, 0.3) is 0 Å². The van der Waals surface area contributed by atoms with Crippen LogP contribution in [0.3, 0.4) is 0 Å². The number of hydrogen-bond donors (Lipinski definition) is 0. The summed E-state index contributed by atoms with van der Waals surface area (Å²) in [5.74, 6) is 0.911. The number of likely N-dealkylation sites (N-methyl/N-ethyl adjacent to an activating group) is 1. The fraction of sp³-hybridized carbons (Fsp3) is 0.375. The molecule has 1 aliphatic heterocycles. The molecule has 1 heteroatoms. The van der Waals surface area contributed by atoms with Crippen LogP contribution in [0.4, 0.5) is 0 Å². The Labute approximate surface area is 102 Å². The fourth-order valence-electron chi connectivity index (χ4n) is 3.68. The predicted octanol–water partition coefficient (Wildman–Crippen LogP) is 3.04. The second kappa shape index (κ2) is 3.11. The molecule has 2 fully saturated rings. The molecule has 17 heavy (non-hydrogen) atoms. The molecule has 1 saturated heterocycles. The zero-order chi connectivity index (χ0) is 11.5. The molecule has 1 nitrogen and oxygen atoms in total. The van der Waals surface area contributed by atoms with Crippen LogP contribution in [0.15, 0.2) is 42.5 Å². The number of fused-ring (bicyclic) bond motifs is 2. The van der Waals surface area contributed by atoms with Crippen molar-refractivity contribution < 1.29 is 0 Å². The van der Waals surface area contributed by atoms with E-state index in [1.807, 2.05) is 0 Å². The van der Waals surface area contributed by atoms with Crippen molar-refractivity contribution in [2.45, 2.75) is 11.8 Å². The molecule has 0 spiro atoms. The van der Waals surface area contributed by atoms with Crippen molar-refractivity contribution in [2.75, 3.05) is 20.1 Å². The number of benzene rings is 2. The summed E-state index contributed by atoms with van der Waals surface area (Å²) >= 11 is 0. The van der Waals surface area contributed by atoms with Crippen LogP contribution in [0.5, 0.6) is 0 Å². The van der Waals surface area contributed by atoms with Crippen LogP contribution >= 0.6 is 0 Å². The Morgan fingerprint density at radius 1 is 1.12 bits per heavy atom. The molecule has 2 aliphatic rings. The predicted molar refractivity (Wildman–Crippen MR) is 71.2 cm³/mol. The first-order valence-electron chi connectivity index (χ1n) is 6.46. The minimum atomic E-state index is 0.499. The van der Waals surface area contributed by atoms with Crippen molar-refractivity contribution >= 4 is 10.8 Å². The molecule has 0 aromatic heterocycles. The maximum Gasteiger partial charge on any atom is 0.0124 e. The monoisotopic (exact) mass is 223 g/mol. The van der Waals surface area contributed by atoms with Crippen LogP contribution in [-0.2, 0) is 5.41 Å². The quantitative estimate of drug-likeness (QED) is 0.718. The molecule has 86 valence electrons. The highest BCUT2D eigenvalue weighted by Gasteiger charge is 2.59. The van der Waals surface area contributed by atoms with E-state index < -0.39 is 0 Å². The number of piperidine rings is 1. The summed E-state index contributed by atoms with van der Waals surface area (Å²) in [5, 5.41) is 2.75. The van der Waals surface area contributed by atoms with Gasteiger partial charge < -0.3 is 4.90 Å². The minimum Gasteiger partial charge on any atom is -0.305 e. The lowest BCUT2D eigenvalue weighted by molar-refractivity contribution is 0.363. The van der Waals surface area contributed by atoms with Crippen molar-refractivity contribution in [2.24, 2.45) is 5.92 Å². The Bertz CT molecular complexity index is 589. The summed E-state index contributed by atoms with van der Waals surface area (Å²) in [7, 11) is 2.24. The summed E-state index contributed by atoms with van der Waals surface area (Å²) < 4.78 is 0. The summed E-state index contributed by atoms with van der Waals surface area (Å²) in [6, 6.07) is 15.7. The zero-order valence-corrected chi connectivity index (χ0v) is 10.2. The molecule has 2 aromatic rings. The van der Waals surface area contributed by atoms with E-state index in [4.69, 9.17) is 0 Å². The Hall–Kier alpha value is -1.34. The molecule has 0 amide bonds. The lowest BCUT2D eigenvalue weighted by Crippen LogP contribution is -2.22. The molecule has 0 N–H and O–H groups in total. The molecule has 2 atom stereocenters. The summed E-state index contributed by atoms with van der Waals surface area (Å²) in [5.41, 5.74) is 2.06. The molecule has 1 saturated carbocycles. The molecule has 0 radical (unpaired) electrons. The van der Waals surface area contributed by atoms with Gasteiger partial charge >= 0.3 is 0 Å². The highest BCUT2D eigenvalue weighted by Crippen LogP contribution is 2.58. The van der Waals surface area contributed by atoms with E-state index in [2.05, 4.69) is 54.4 Å².